The van der Waals surface area contributed by atoms with Crippen LogP contribution >= 0.6 is 15.2 Å². The number of furan rings is 1. The van der Waals surface area contributed by atoms with Crippen molar-refractivity contribution in [3.05, 3.63) is 101 Å². The summed E-state index contributed by atoms with van der Waals surface area (Å²) in [6.45, 7) is 7.93. The van der Waals surface area contributed by atoms with Crippen LogP contribution in [0.3, 0.4) is 0 Å². The van der Waals surface area contributed by atoms with Crippen molar-refractivity contribution in [1.29, 1.82) is 0 Å². The lowest BCUT2D eigenvalue weighted by Crippen LogP contribution is -2.49. The van der Waals surface area contributed by atoms with E-state index in [1.807, 2.05) is 44.2 Å². The molecule has 4 N–H and O–H groups in total. The van der Waals surface area contributed by atoms with E-state index in [0.29, 0.717) is 53.8 Å². The third-order valence-corrected chi connectivity index (χ3v) is 11.7. The molecule has 3 amide bonds. The number of aryl methyl sites for hydroxylation is 1. The van der Waals surface area contributed by atoms with Crippen molar-refractivity contribution in [2.45, 2.75) is 72.4 Å². The number of phosphoric acid groups is 1. The zero-order valence-corrected chi connectivity index (χ0v) is 36.5. The summed E-state index contributed by atoms with van der Waals surface area (Å²) in [5.41, 5.74) is 1.60. The Balaban J connectivity index is 1.44. The van der Waals surface area contributed by atoms with E-state index in [9.17, 15) is 28.3 Å². The van der Waals surface area contributed by atoms with E-state index in [2.05, 4.69) is 15.2 Å². The number of ether oxygens (including phenoxy) is 2. The van der Waals surface area contributed by atoms with E-state index in [1.54, 1.807) is 44.2 Å². The Labute approximate surface area is 354 Å². The van der Waals surface area contributed by atoms with Crippen molar-refractivity contribution >= 4 is 44.7 Å². The molecule has 0 aliphatic carbocycles. The smallest absolute Gasteiger partial charge is 0.472 e. The molecule has 0 bridgehead atoms. The highest BCUT2D eigenvalue weighted by Gasteiger charge is 2.34. The molecule has 3 aromatic carbocycles. The molecule has 0 saturated carbocycles. The highest BCUT2D eigenvalue weighted by atomic mass is 31.2. The maximum atomic E-state index is 13.8. The van der Waals surface area contributed by atoms with Gasteiger partial charge in [-0.1, -0.05) is 75.6 Å². The quantitative estimate of drug-likeness (QED) is 0.0175. The molecule has 17 nitrogen and oxygen atoms in total. The second-order valence-corrected chi connectivity index (χ2v) is 17.6. The molecule has 4 aromatic rings. The van der Waals surface area contributed by atoms with Crippen molar-refractivity contribution in [2.75, 3.05) is 26.7 Å². The second-order valence-electron chi connectivity index (χ2n) is 13.9. The van der Waals surface area contributed by atoms with Crippen LogP contribution < -0.4 is 25.4 Å². The third kappa shape index (κ3) is 14.4. The van der Waals surface area contributed by atoms with Crippen LogP contribution in [-0.4, -0.2) is 71.8 Å². The molecule has 4 rings (SSSR count). The van der Waals surface area contributed by atoms with Gasteiger partial charge in [0, 0.05) is 17.5 Å². The number of amides is 3. The second kappa shape index (κ2) is 23.1. The number of hydroxylamine groups is 2. The van der Waals surface area contributed by atoms with E-state index in [-0.39, 0.29) is 36.8 Å². The molecule has 0 saturated heterocycles. The zero-order valence-electron chi connectivity index (χ0n) is 34.7. The van der Waals surface area contributed by atoms with E-state index < -0.39 is 51.7 Å². The summed E-state index contributed by atoms with van der Waals surface area (Å²) in [4.78, 5) is 76.4. The molecule has 1 heterocycles. The van der Waals surface area contributed by atoms with Gasteiger partial charge in [-0.2, -0.15) is 5.06 Å². The lowest BCUT2D eigenvalue weighted by atomic mass is 9.90. The summed E-state index contributed by atoms with van der Waals surface area (Å²) >= 11 is 0. The molecule has 1 unspecified atom stereocenters. The average molecular weight is 886 g/mol. The number of nitrogens with one attached hydrogen (secondary N) is 2. The first kappa shape index (κ1) is 48.4. The lowest BCUT2D eigenvalue weighted by molar-refractivity contribution is -0.171. The Bertz CT molecular complexity index is 2190. The van der Waals surface area contributed by atoms with Crippen LogP contribution in [-0.2, 0) is 39.2 Å². The van der Waals surface area contributed by atoms with Gasteiger partial charge < -0.3 is 43.7 Å². The Morgan fingerprint density at radius 1 is 0.902 bits per heavy atom. The van der Waals surface area contributed by atoms with Gasteiger partial charge in [-0.25, -0.2) is 13.9 Å². The minimum absolute atomic E-state index is 0.0644. The Morgan fingerprint density at radius 3 is 2.33 bits per heavy atom. The van der Waals surface area contributed by atoms with Crippen LogP contribution in [0.5, 0.6) is 11.5 Å². The van der Waals surface area contributed by atoms with Crippen LogP contribution in [0.2, 0.25) is 0 Å². The van der Waals surface area contributed by atoms with E-state index in [0.717, 1.165) is 23.5 Å². The van der Waals surface area contributed by atoms with Crippen molar-refractivity contribution < 1.29 is 65.9 Å². The van der Waals surface area contributed by atoms with Crippen LogP contribution in [0.25, 0.3) is 11.3 Å². The summed E-state index contributed by atoms with van der Waals surface area (Å²) < 4.78 is 52.0. The first-order valence-corrected chi connectivity index (χ1v) is 23.3. The minimum atomic E-state index is -4.87. The number of benzene rings is 3. The highest BCUT2D eigenvalue weighted by Crippen LogP contribution is 2.44. The number of carbonyl (C=O) groups is 4. The molecular weight excluding hydrogens is 832 g/mol. The van der Waals surface area contributed by atoms with E-state index in [4.69, 9.17) is 33.0 Å². The number of phosphoric ester groups is 1. The van der Waals surface area contributed by atoms with Crippen LogP contribution in [0.1, 0.15) is 84.9 Å². The van der Waals surface area contributed by atoms with Gasteiger partial charge in [0.15, 0.2) is 12.6 Å². The van der Waals surface area contributed by atoms with Crippen molar-refractivity contribution in [2.24, 2.45) is 5.92 Å². The van der Waals surface area contributed by atoms with E-state index >= 15 is 0 Å². The Morgan fingerprint density at radius 2 is 1.66 bits per heavy atom. The molecule has 0 radical (unpaired) electrons. The van der Waals surface area contributed by atoms with Gasteiger partial charge in [-0.3, -0.25) is 18.9 Å². The number of hydrogen-bond donors (Lipinski definition) is 4. The number of nitrogens with zero attached hydrogens (tertiary/aromatic N) is 1. The molecule has 19 heteroatoms. The van der Waals surface area contributed by atoms with Gasteiger partial charge in [0.25, 0.3) is 5.91 Å². The molecule has 0 spiro atoms. The van der Waals surface area contributed by atoms with E-state index in [1.165, 1.54) is 24.9 Å². The third-order valence-electron chi connectivity index (χ3n) is 9.45. The molecule has 0 aliphatic heterocycles. The first-order chi connectivity index (χ1) is 29.1. The maximum absolute atomic E-state index is 13.8. The van der Waals surface area contributed by atoms with Crippen LogP contribution in [0.15, 0.2) is 83.3 Å². The predicted octanol–water partition coefficient (Wildman–Crippen LogP) is 6.86. The number of hydrogen-bond acceptors (Lipinski definition) is 12. The summed E-state index contributed by atoms with van der Waals surface area (Å²) in [5.74, 6) is -2.49. The number of rotatable bonds is 25. The molecule has 0 fully saturated rings. The van der Waals surface area contributed by atoms with Crippen LogP contribution in [0, 0.1) is 12.8 Å². The summed E-state index contributed by atoms with van der Waals surface area (Å²) in [5, 5.41) is 6.48. The molecular formula is C42H53N3O14P2. The molecule has 1 aromatic heterocycles. The standard InChI is InChI=1S/C42H53N3O14P2/c1-6-9-11-18-34(35(7-2)45(27-46)59-42(49)39-29(4)15-14-19-37(39)55-28-57-61(51,52)53)40(47)43-26-44-41(48)38-21-20-36(58-38)31-22-32(54-8-3)24-33(23-31)60(5,50)56-25-30-16-12-10-13-17-30/h10,12-17,19-24,27,34-35H,6-9,11,18,25-26,28H2,1-5H3,(H,43,47)(H,44,48)(H2,51,52,53)/t34-,35-,60?/m1/s1. The van der Waals surface area contributed by atoms with Gasteiger partial charge >= 0.3 is 13.8 Å². The monoisotopic (exact) mass is 885 g/mol. The lowest BCUT2D eigenvalue weighted by Gasteiger charge is -2.32. The zero-order chi connectivity index (χ0) is 44.6. The highest BCUT2D eigenvalue weighted by molar-refractivity contribution is 7.66. The average Bonchev–Trinajstić information content (AvgIpc) is 3.73. The maximum Gasteiger partial charge on any atom is 0.472 e. The fourth-order valence-corrected chi connectivity index (χ4v) is 7.82. The minimum Gasteiger partial charge on any atom is -0.494 e. The molecule has 0 aliphatic rings. The normalized spacial score (nSPS) is 13.3. The SMILES string of the molecule is CCCCC[C@@H](C(=O)NCNC(=O)c1ccc(-c2cc(OCC)cc(P(C)(=O)OCc3ccccc3)c2)o1)[C@@H](CC)N(C=O)OC(=O)c1c(C)cccc1OCOP(=O)(O)O. The van der Waals surface area contributed by atoms with Gasteiger partial charge in [-0.15, -0.1) is 0 Å². The van der Waals surface area contributed by atoms with Crippen molar-refractivity contribution in [3.63, 3.8) is 0 Å². The topological polar surface area (TPSA) is 229 Å². The number of unbranched alkanes of at least 4 members (excludes halogenated alkanes) is 2. The summed E-state index contributed by atoms with van der Waals surface area (Å²) in [6.07, 6.45) is 3.05. The van der Waals surface area contributed by atoms with Gasteiger partial charge in [0.1, 0.15) is 22.8 Å². The summed E-state index contributed by atoms with van der Waals surface area (Å²) in [7, 11) is -8.20. The predicted molar refractivity (Wildman–Crippen MR) is 225 cm³/mol. The van der Waals surface area contributed by atoms with Gasteiger partial charge in [0.2, 0.25) is 19.7 Å². The Hall–Kier alpha value is -5.28. The van der Waals surface area contributed by atoms with Crippen molar-refractivity contribution in [3.8, 4) is 22.8 Å². The molecule has 61 heavy (non-hydrogen) atoms. The Kier molecular flexibility index (Phi) is 18.3. The van der Waals surface area contributed by atoms with Crippen molar-refractivity contribution in [1.82, 2.24) is 15.7 Å². The first-order valence-electron chi connectivity index (χ1n) is 19.7. The van der Waals surface area contributed by atoms with Gasteiger partial charge in [0.05, 0.1) is 31.8 Å². The molecule has 3 atom stereocenters. The largest absolute Gasteiger partial charge is 0.494 e. The summed E-state index contributed by atoms with van der Waals surface area (Å²) in [6, 6.07) is 21.0. The fourth-order valence-electron chi connectivity index (χ4n) is 6.35. The molecule has 330 valence electrons. The number of carbonyl (C=O) groups excluding carboxylic acids is 4. The van der Waals surface area contributed by atoms with Crippen LogP contribution in [0.4, 0.5) is 0 Å². The fraction of sp³-hybridized carbons (Fsp3) is 0.381. The van der Waals surface area contributed by atoms with Gasteiger partial charge in [-0.05, 0) is 74.2 Å².